The van der Waals surface area contributed by atoms with Crippen LogP contribution in [0.3, 0.4) is 0 Å². The van der Waals surface area contributed by atoms with Crippen molar-refractivity contribution in [2.24, 2.45) is 0 Å². The summed E-state index contributed by atoms with van der Waals surface area (Å²) in [6.07, 6.45) is 1.62. The molecule has 3 aromatic rings. The van der Waals surface area contributed by atoms with Gasteiger partial charge in [-0.2, -0.15) is 5.10 Å². The molecule has 1 aromatic heterocycles. The first-order valence-electron chi connectivity index (χ1n) is 7.00. The molecular formula is C16H18N4O. The second-order valence-corrected chi connectivity index (χ2v) is 5.12. The molecule has 21 heavy (non-hydrogen) atoms. The monoisotopic (exact) mass is 282 g/mol. The van der Waals surface area contributed by atoms with Gasteiger partial charge in [0, 0.05) is 12.1 Å². The Morgan fingerprint density at radius 3 is 2.81 bits per heavy atom. The van der Waals surface area contributed by atoms with Crippen LogP contribution in [0, 0.1) is 0 Å². The Morgan fingerprint density at radius 1 is 1.19 bits per heavy atom. The zero-order chi connectivity index (χ0) is 14.7. The molecule has 5 heteroatoms. The summed E-state index contributed by atoms with van der Waals surface area (Å²) >= 11 is 0. The molecule has 0 amide bonds. The zero-order valence-corrected chi connectivity index (χ0v) is 12.1. The van der Waals surface area contributed by atoms with E-state index < -0.39 is 0 Å². The third-order valence-corrected chi connectivity index (χ3v) is 3.21. The Bertz CT molecular complexity index is 722. The summed E-state index contributed by atoms with van der Waals surface area (Å²) < 4.78 is 5.94. The largest absolute Gasteiger partial charge is 0.491 e. The van der Waals surface area contributed by atoms with E-state index in [-0.39, 0.29) is 6.10 Å². The van der Waals surface area contributed by atoms with Crippen LogP contribution in [0.2, 0.25) is 0 Å². The van der Waals surface area contributed by atoms with Gasteiger partial charge in [0.15, 0.2) is 0 Å². The summed E-state index contributed by atoms with van der Waals surface area (Å²) in [5, 5.41) is 12.3. The van der Waals surface area contributed by atoms with E-state index in [1.165, 1.54) is 17.1 Å². The highest BCUT2D eigenvalue weighted by molar-refractivity contribution is 5.88. The Hall–Kier alpha value is -2.56. The third kappa shape index (κ3) is 2.97. The first-order chi connectivity index (χ1) is 10.2. The first-order valence-corrected chi connectivity index (χ1v) is 7.00. The molecule has 0 radical (unpaired) electrons. The number of benzene rings is 2. The van der Waals surface area contributed by atoms with Crippen LogP contribution in [0.25, 0.3) is 10.8 Å². The van der Waals surface area contributed by atoms with Crippen molar-refractivity contribution in [3.05, 3.63) is 48.3 Å². The molecule has 0 bridgehead atoms. The summed E-state index contributed by atoms with van der Waals surface area (Å²) in [7, 11) is 0. The van der Waals surface area contributed by atoms with Crippen molar-refractivity contribution in [3.8, 4) is 5.75 Å². The maximum atomic E-state index is 5.94. The van der Waals surface area contributed by atoms with Gasteiger partial charge in [-0.25, -0.2) is 10.1 Å². The van der Waals surface area contributed by atoms with Crippen molar-refractivity contribution in [2.75, 3.05) is 5.32 Å². The van der Waals surface area contributed by atoms with Crippen molar-refractivity contribution in [1.82, 2.24) is 15.2 Å². The quantitative estimate of drug-likeness (QED) is 0.753. The van der Waals surface area contributed by atoms with Crippen LogP contribution in [0.1, 0.15) is 19.4 Å². The Balaban J connectivity index is 1.98. The average Bonchev–Trinajstić information content (AvgIpc) is 2.99. The fraction of sp³-hybridized carbons (Fsp3) is 0.250. The van der Waals surface area contributed by atoms with Crippen LogP contribution in [-0.4, -0.2) is 21.3 Å². The molecule has 0 spiro atoms. The molecule has 2 aromatic carbocycles. The fourth-order valence-electron chi connectivity index (χ4n) is 2.33. The lowest BCUT2D eigenvalue weighted by atomic mass is 10.0. The minimum absolute atomic E-state index is 0.134. The lowest BCUT2D eigenvalue weighted by Gasteiger charge is -2.16. The van der Waals surface area contributed by atoms with Gasteiger partial charge in [-0.05, 0) is 30.7 Å². The standard InChI is InChI=1S/C16H18N4O/c1-11(2)21-15-8-7-12-5-3-4-6-13(12)14(15)9-17-16-18-10-19-20-16/h3-8,10-11H,9H2,1-2H3,(H2,17,18,19,20). The van der Waals surface area contributed by atoms with Crippen LogP contribution in [0.4, 0.5) is 5.95 Å². The Morgan fingerprint density at radius 2 is 2.05 bits per heavy atom. The lowest BCUT2D eigenvalue weighted by Crippen LogP contribution is -2.10. The highest BCUT2D eigenvalue weighted by atomic mass is 16.5. The predicted octanol–water partition coefficient (Wildman–Crippen LogP) is 3.36. The van der Waals surface area contributed by atoms with E-state index in [1.807, 2.05) is 32.0 Å². The van der Waals surface area contributed by atoms with Crippen LogP contribution in [0.5, 0.6) is 5.75 Å². The summed E-state index contributed by atoms with van der Waals surface area (Å²) in [4.78, 5) is 4.08. The fourth-order valence-corrected chi connectivity index (χ4v) is 2.33. The second-order valence-electron chi connectivity index (χ2n) is 5.12. The number of fused-ring (bicyclic) bond motifs is 1. The predicted molar refractivity (Wildman–Crippen MR) is 83.4 cm³/mol. The molecule has 5 nitrogen and oxygen atoms in total. The van der Waals surface area contributed by atoms with Crippen molar-refractivity contribution >= 4 is 16.7 Å². The molecule has 0 saturated heterocycles. The zero-order valence-electron chi connectivity index (χ0n) is 12.1. The minimum Gasteiger partial charge on any atom is -0.491 e. The Kier molecular flexibility index (Phi) is 3.73. The molecule has 0 aliphatic heterocycles. The molecule has 0 atom stereocenters. The highest BCUT2D eigenvalue weighted by Crippen LogP contribution is 2.29. The molecule has 0 aliphatic rings. The second kappa shape index (κ2) is 5.83. The van der Waals surface area contributed by atoms with E-state index in [2.05, 4.69) is 38.7 Å². The van der Waals surface area contributed by atoms with Crippen molar-refractivity contribution in [3.63, 3.8) is 0 Å². The summed E-state index contributed by atoms with van der Waals surface area (Å²) in [6, 6.07) is 12.4. The van der Waals surface area contributed by atoms with Gasteiger partial charge in [0.05, 0.1) is 6.10 Å². The molecule has 0 fully saturated rings. The van der Waals surface area contributed by atoms with Crippen LogP contribution in [-0.2, 0) is 6.54 Å². The molecule has 0 aliphatic carbocycles. The van der Waals surface area contributed by atoms with Crippen molar-refractivity contribution < 1.29 is 4.74 Å². The lowest BCUT2D eigenvalue weighted by molar-refractivity contribution is 0.240. The molecule has 2 N–H and O–H groups in total. The molecule has 0 saturated carbocycles. The van der Waals surface area contributed by atoms with E-state index in [0.717, 1.165) is 11.3 Å². The summed E-state index contributed by atoms with van der Waals surface area (Å²) in [5.41, 5.74) is 1.12. The highest BCUT2D eigenvalue weighted by Gasteiger charge is 2.10. The maximum absolute atomic E-state index is 5.94. The Labute approximate surface area is 123 Å². The van der Waals surface area contributed by atoms with Gasteiger partial charge in [0.25, 0.3) is 0 Å². The molecular weight excluding hydrogens is 264 g/mol. The first kappa shape index (κ1) is 13.4. The smallest absolute Gasteiger partial charge is 0.218 e. The van der Waals surface area contributed by atoms with E-state index in [0.29, 0.717) is 12.5 Å². The van der Waals surface area contributed by atoms with Gasteiger partial charge in [-0.15, -0.1) is 0 Å². The normalized spacial score (nSPS) is 11.0. The van der Waals surface area contributed by atoms with Crippen LogP contribution >= 0.6 is 0 Å². The van der Waals surface area contributed by atoms with Gasteiger partial charge in [-0.1, -0.05) is 30.3 Å². The number of ether oxygens (including phenoxy) is 1. The number of rotatable bonds is 5. The van der Waals surface area contributed by atoms with Crippen molar-refractivity contribution in [2.45, 2.75) is 26.5 Å². The molecule has 1 heterocycles. The van der Waals surface area contributed by atoms with Crippen LogP contribution in [0.15, 0.2) is 42.7 Å². The maximum Gasteiger partial charge on any atom is 0.218 e. The van der Waals surface area contributed by atoms with Crippen molar-refractivity contribution in [1.29, 1.82) is 0 Å². The number of aromatic amines is 1. The number of nitrogens with one attached hydrogen (secondary N) is 2. The average molecular weight is 282 g/mol. The summed E-state index contributed by atoms with van der Waals surface area (Å²) in [6.45, 7) is 4.68. The topological polar surface area (TPSA) is 62.8 Å². The number of anilines is 1. The van der Waals surface area contributed by atoms with Gasteiger partial charge in [-0.3, -0.25) is 0 Å². The van der Waals surface area contributed by atoms with E-state index in [4.69, 9.17) is 4.74 Å². The SMILES string of the molecule is CC(C)Oc1ccc2ccccc2c1CNc1ncn[nH]1. The van der Waals surface area contributed by atoms with Gasteiger partial charge < -0.3 is 10.1 Å². The van der Waals surface area contributed by atoms with E-state index >= 15 is 0 Å². The minimum atomic E-state index is 0.134. The van der Waals surface area contributed by atoms with Gasteiger partial charge >= 0.3 is 0 Å². The number of hydrogen-bond acceptors (Lipinski definition) is 4. The number of nitrogens with zero attached hydrogens (tertiary/aromatic N) is 2. The van der Waals surface area contributed by atoms with Gasteiger partial charge in [0.2, 0.25) is 5.95 Å². The molecule has 108 valence electrons. The van der Waals surface area contributed by atoms with E-state index in [9.17, 15) is 0 Å². The number of aromatic nitrogens is 3. The van der Waals surface area contributed by atoms with Crippen LogP contribution < -0.4 is 10.1 Å². The molecule has 0 unspecified atom stereocenters. The summed E-state index contributed by atoms with van der Waals surface area (Å²) in [5.74, 6) is 1.55. The van der Waals surface area contributed by atoms with E-state index in [1.54, 1.807) is 0 Å². The molecule has 3 rings (SSSR count). The number of hydrogen-bond donors (Lipinski definition) is 2. The third-order valence-electron chi connectivity index (χ3n) is 3.21. The number of H-pyrrole nitrogens is 1. The van der Waals surface area contributed by atoms with Gasteiger partial charge in [0.1, 0.15) is 12.1 Å².